The molecule has 0 saturated heterocycles. The number of allylic oxidation sites excluding steroid dienone is 3. The molecule has 0 spiro atoms. The van der Waals surface area contributed by atoms with Gasteiger partial charge in [0.15, 0.2) is 0 Å². The molecule has 0 aliphatic heterocycles. The van der Waals surface area contributed by atoms with Crippen LogP contribution in [0, 0.1) is 5.92 Å². The fourth-order valence-electron chi connectivity index (χ4n) is 2.32. The minimum absolute atomic E-state index is 0. The van der Waals surface area contributed by atoms with E-state index in [1.54, 1.807) is 43.4 Å². The molecule has 0 bridgehead atoms. The standard InChI is InChI=1S/C9H12O3S.C8H12O3S.2Na/c1-7(2)8-5-3-4-6-9(8)13(10,11)12;1-7-5-3-4-6-8(7,2)12(9,10)11;;/h3-7H,1-2H3,(H,10,11,12);3-7H,1-2H3,(H,9,10,11);;/q;;2*+1/p-2. The normalized spacial score (nSPS) is 21.5. The summed E-state index contributed by atoms with van der Waals surface area (Å²) in [5.74, 6) is -0.218. The van der Waals surface area contributed by atoms with Crippen molar-refractivity contribution in [2.75, 3.05) is 0 Å². The quantitative estimate of drug-likeness (QED) is 0.367. The van der Waals surface area contributed by atoms with Crippen LogP contribution in [-0.4, -0.2) is 30.7 Å². The van der Waals surface area contributed by atoms with Gasteiger partial charge in [0.05, 0.1) is 9.64 Å². The third kappa shape index (κ3) is 8.04. The summed E-state index contributed by atoms with van der Waals surface area (Å²) in [5.41, 5.74) is 0.581. The average molecular weight is 432 g/mol. The third-order valence-corrected chi connectivity index (χ3v) is 6.69. The maximum Gasteiger partial charge on any atom is 1.00 e. The number of hydrogen-bond acceptors (Lipinski definition) is 6. The Bertz CT molecular complexity index is 876. The first kappa shape index (κ1) is 29.7. The van der Waals surface area contributed by atoms with Gasteiger partial charge in [-0.2, -0.15) is 0 Å². The molecule has 140 valence electrons. The van der Waals surface area contributed by atoms with E-state index >= 15 is 0 Å². The summed E-state index contributed by atoms with van der Waals surface area (Å²) in [6.07, 6.45) is 6.50. The Morgan fingerprint density at radius 1 is 1.00 bits per heavy atom. The Hall–Kier alpha value is 0.520. The first-order valence-electron chi connectivity index (χ1n) is 7.67. The molecule has 6 nitrogen and oxygen atoms in total. The smallest absolute Gasteiger partial charge is 0.747 e. The first-order valence-corrected chi connectivity index (χ1v) is 10.5. The van der Waals surface area contributed by atoms with E-state index in [0.29, 0.717) is 5.56 Å². The van der Waals surface area contributed by atoms with Crippen molar-refractivity contribution in [2.45, 2.75) is 43.3 Å². The average Bonchev–Trinajstić information content (AvgIpc) is 2.49. The molecule has 2 unspecified atom stereocenters. The first-order chi connectivity index (χ1) is 11.3. The van der Waals surface area contributed by atoms with Crippen molar-refractivity contribution in [1.82, 2.24) is 0 Å². The largest absolute Gasteiger partial charge is 1.00 e. The van der Waals surface area contributed by atoms with Crippen LogP contribution in [0.1, 0.15) is 39.2 Å². The molecule has 0 fully saturated rings. The monoisotopic (exact) mass is 432 g/mol. The van der Waals surface area contributed by atoms with Gasteiger partial charge in [0.1, 0.15) is 20.2 Å². The van der Waals surface area contributed by atoms with Gasteiger partial charge in [-0.1, -0.05) is 63.3 Å². The topological polar surface area (TPSA) is 114 Å². The Labute approximate surface area is 206 Å². The van der Waals surface area contributed by atoms with Crippen molar-refractivity contribution in [3.8, 4) is 0 Å². The minimum Gasteiger partial charge on any atom is -0.747 e. The molecule has 0 amide bonds. The molecule has 10 heteroatoms. The maximum absolute atomic E-state index is 10.9. The second-order valence-corrected chi connectivity index (χ2v) is 9.45. The SMILES string of the molecule is CC(C)c1ccccc1S(=O)(=O)[O-].CC1C=CC=CC1(C)S(=O)(=O)[O-].[Na+].[Na+]. The molecule has 0 saturated carbocycles. The minimum atomic E-state index is -4.33. The van der Waals surface area contributed by atoms with Crippen LogP contribution in [0.15, 0.2) is 53.5 Å². The summed E-state index contributed by atoms with van der Waals surface area (Å²) < 4.78 is 63.8. The molecule has 1 aliphatic rings. The van der Waals surface area contributed by atoms with Gasteiger partial charge in [-0.05, 0) is 30.4 Å². The van der Waals surface area contributed by atoms with Gasteiger partial charge in [0.2, 0.25) is 0 Å². The number of rotatable bonds is 3. The number of benzene rings is 1. The van der Waals surface area contributed by atoms with Crippen molar-refractivity contribution >= 4 is 20.2 Å². The molecule has 1 aromatic carbocycles. The fourth-order valence-corrected chi connectivity index (χ4v) is 3.93. The van der Waals surface area contributed by atoms with E-state index in [1.807, 2.05) is 13.8 Å². The molecule has 0 aromatic heterocycles. The van der Waals surface area contributed by atoms with Gasteiger partial charge in [-0.3, -0.25) is 0 Å². The number of hydrogen-bond donors (Lipinski definition) is 0. The van der Waals surface area contributed by atoms with E-state index in [1.165, 1.54) is 19.1 Å². The molecule has 0 radical (unpaired) electrons. The summed E-state index contributed by atoms with van der Waals surface area (Å²) in [5, 5.41) is 0. The van der Waals surface area contributed by atoms with E-state index in [9.17, 15) is 25.9 Å². The second-order valence-electron chi connectivity index (χ2n) is 6.32. The molecular weight excluding hydrogens is 410 g/mol. The van der Waals surface area contributed by atoms with Gasteiger partial charge in [-0.15, -0.1) is 0 Å². The van der Waals surface area contributed by atoms with Crippen molar-refractivity contribution in [1.29, 1.82) is 0 Å². The predicted molar refractivity (Wildman–Crippen MR) is 94.0 cm³/mol. The summed E-state index contributed by atoms with van der Waals surface area (Å²) >= 11 is 0. The van der Waals surface area contributed by atoms with Crippen LogP contribution < -0.4 is 59.1 Å². The second kappa shape index (κ2) is 11.6. The molecule has 1 aromatic rings. The van der Waals surface area contributed by atoms with Crippen molar-refractivity contribution < 1.29 is 85.1 Å². The van der Waals surface area contributed by atoms with E-state index in [4.69, 9.17) is 0 Å². The van der Waals surface area contributed by atoms with Gasteiger partial charge in [0, 0.05) is 0 Å². The third-order valence-electron chi connectivity index (χ3n) is 4.19. The van der Waals surface area contributed by atoms with Gasteiger partial charge in [-0.25, -0.2) is 16.8 Å². The zero-order chi connectivity index (χ0) is 19.5. The van der Waals surface area contributed by atoms with Crippen LogP contribution in [0.5, 0.6) is 0 Å². The summed E-state index contributed by atoms with van der Waals surface area (Å²) in [6.45, 7) is 6.86. The molecule has 2 rings (SSSR count). The summed E-state index contributed by atoms with van der Waals surface area (Å²) in [7, 11) is -8.59. The van der Waals surface area contributed by atoms with E-state index in [2.05, 4.69) is 0 Å². The molecular formula is C17H22Na2O6S2. The summed E-state index contributed by atoms with van der Waals surface area (Å²) in [6, 6.07) is 6.29. The summed E-state index contributed by atoms with van der Waals surface area (Å²) in [4.78, 5) is -0.106. The molecule has 27 heavy (non-hydrogen) atoms. The van der Waals surface area contributed by atoms with Crippen molar-refractivity contribution in [3.05, 3.63) is 54.1 Å². The van der Waals surface area contributed by atoms with Crippen LogP contribution in [0.3, 0.4) is 0 Å². The Balaban J connectivity index is 0. The van der Waals surface area contributed by atoms with Crippen LogP contribution in [0.25, 0.3) is 0 Å². The maximum atomic E-state index is 10.9. The van der Waals surface area contributed by atoms with E-state index in [-0.39, 0.29) is 75.8 Å². The van der Waals surface area contributed by atoms with Crippen LogP contribution in [0.2, 0.25) is 0 Å². The Morgan fingerprint density at radius 3 is 1.85 bits per heavy atom. The van der Waals surface area contributed by atoms with Crippen LogP contribution in [0.4, 0.5) is 0 Å². The Kier molecular flexibility index (Phi) is 12.8. The fraction of sp³-hybridized carbons (Fsp3) is 0.412. The molecule has 1 aliphatic carbocycles. The van der Waals surface area contributed by atoms with E-state index in [0.717, 1.165) is 0 Å². The van der Waals surface area contributed by atoms with Crippen LogP contribution in [-0.2, 0) is 20.2 Å². The molecule has 0 N–H and O–H groups in total. The van der Waals surface area contributed by atoms with Crippen molar-refractivity contribution in [2.24, 2.45) is 5.92 Å². The predicted octanol–water partition coefficient (Wildman–Crippen LogP) is -3.23. The van der Waals surface area contributed by atoms with Crippen molar-refractivity contribution in [3.63, 3.8) is 0 Å². The molecule has 2 atom stereocenters. The van der Waals surface area contributed by atoms with Crippen LogP contribution >= 0.6 is 0 Å². The Morgan fingerprint density at radius 2 is 1.52 bits per heavy atom. The van der Waals surface area contributed by atoms with Gasteiger partial charge in [0.25, 0.3) is 0 Å². The van der Waals surface area contributed by atoms with Gasteiger partial charge >= 0.3 is 59.1 Å². The molecule has 0 heterocycles. The van der Waals surface area contributed by atoms with E-state index < -0.39 is 25.0 Å². The van der Waals surface area contributed by atoms with Gasteiger partial charge < -0.3 is 9.11 Å². The zero-order valence-electron chi connectivity index (χ0n) is 16.5. The zero-order valence-corrected chi connectivity index (χ0v) is 22.2.